The molecule has 1 aromatic rings. The third kappa shape index (κ3) is 2.61. The van der Waals surface area contributed by atoms with Crippen molar-refractivity contribution in [1.29, 1.82) is 0 Å². The molecule has 0 aliphatic heterocycles. The van der Waals surface area contributed by atoms with Gasteiger partial charge in [0, 0.05) is 11.2 Å². The number of aromatic nitrogens is 1. The number of halogens is 2. The van der Waals surface area contributed by atoms with Crippen molar-refractivity contribution in [1.82, 2.24) is 4.98 Å². The second-order valence-electron chi connectivity index (χ2n) is 1.64. The Morgan fingerprint density at radius 2 is 1.91 bits per heavy atom. The van der Waals surface area contributed by atoms with Crippen LogP contribution in [0.3, 0.4) is 0 Å². The van der Waals surface area contributed by atoms with Crippen LogP contribution in [0.5, 0.6) is 0 Å². The summed E-state index contributed by atoms with van der Waals surface area (Å²) in [4.78, 5) is 4.11. The van der Waals surface area contributed by atoms with Gasteiger partial charge in [0.15, 0.2) is 0 Å². The molecule has 0 bridgehead atoms. The molecule has 6 heteroatoms. The van der Waals surface area contributed by atoms with Crippen LogP contribution in [0.1, 0.15) is 0 Å². The van der Waals surface area contributed by atoms with E-state index < -0.39 is 0 Å². The monoisotopic (exact) mass is 216 g/mol. The molecule has 0 aromatic carbocycles. The van der Waals surface area contributed by atoms with Gasteiger partial charge < -0.3 is 18.4 Å². The second-order valence-corrected chi connectivity index (χ2v) is 2.83. The Morgan fingerprint density at radius 3 is 2.36 bits per heavy atom. The summed E-state index contributed by atoms with van der Waals surface area (Å²) in [5.74, 6) is 0.209. The smallest absolute Gasteiger partial charge is 0.777 e. The van der Waals surface area contributed by atoms with Crippen molar-refractivity contribution in [3.8, 4) is 0 Å². The van der Waals surface area contributed by atoms with E-state index in [2.05, 4.69) is 4.98 Å². The number of nitrogen functional groups attached to an aromatic ring is 1. The van der Waals surface area contributed by atoms with Gasteiger partial charge in [-0.25, -0.2) is 4.98 Å². The van der Waals surface area contributed by atoms with Gasteiger partial charge in [-0.1, -0.05) is 23.2 Å². The first-order valence-electron chi connectivity index (χ1n) is 2.39. The maximum atomic E-state index is 5.63. The molecule has 0 saturated heterocycles. The summed E-state index contributed by atoms with van der Waals surface area (Å²) in [5, 5.41) is 0.526. The topological polar surface area (TPSA) is 38.9 Å². The SMILES string of the molecule is Nc1ncc([S-])c(Cl)c1Cl.[Na+]. The van der Waals surface area contributed by atoms with E-state index in [-0.39, 0.29) is 40.4 Å². The molecule has 11 heavy (non-hydrogen) atoms. The molecule has 0 aliphatic rings. The largest absolute Gasteiger partial charge is 1.00 e. The van der Waals surface area contributed by atoms with Gasteiger partial charge in [-0.2, -0.15) is 0 Å². The summed E-state index contributed by atoms with van der Waals surface area (Å²) in [5.41, 5.74) is 5.32. The third-order valence-corrected chi connectivity index (χ3v) is 2.25. The number of rotatable bonds is 0. The third-order valence-electron chi connectivity index (χ3n) is 0.955. The predicted octanol–water partition coefficient (Wildman–Crippen LogP) is -1.12. The molecule has 2 N–H and O–H groups in total. The Balaban J connectivity index is 0.000001000. The van der Waals surface area contributed by atoms with Crippen molar-refractivity contribution >= 4 is 41.6 Å². The van der Waals surface area contributed by atoms with Gasteiger partial charge in [-0.3, -0.25) is 0 Å². The minimum Gasteiger partial charge on any atom is -0.777 e. The molecule has 0 unspecified atom stereocenters. The molecule has 0 radical (unpaired) electrons. The van der Waals surface area contributed by atoms with Gasteiger partial charge in [0.25, 0.3) is 0 Å². The molecule has 0 spiro atoms. The van der Waals surface area contributed by atoms with Crippen molar-refractivity contribution in [2.75, 3.05) is 5.73 Å². The summed E-state index contributed by atoms with van der Waals surface area (Å²) >= 11 is 16.0. The first-order chi connectivity index (χ1) is 4.63. The van der Waals surface area contributed by atoms with E-state index in [1.807, 2.05) is 0 Å². The molecular weight excluding hydrogens is 214 g/mol. The van der Waals surface area contributed by atoms with Crippen LogP contribution in [0.2, 0.25) is 10.0 Å². The molecule has 0 fully saturated rings. The zero-order valence-corrected chi connectivity index (χ0v) is 10.1. The number of pyridine rings is 1. The Morgan fingerprint density at radius 1 is 1.36 bits per heavy atom. The fraction of sp³-hybridized carbons (Fsp3) is 0. The molecule has 1 aromatic heterocycles. The van der Waals surface area contributed by atoms with Gasteiger partial charge in [0.05, 0.1) is 5.02 Å². The van der Waals surface area contributed by atoms with Gasteiger partial charge in [0.2, 0.25) is 0 Å². The first kappa shape index (κ1) is 11.8. The molecule has 1 rings (SSSR count). The van der Waals surface area contributed by atoms with Crippen molar-refractivity contribution < 1.29 is 29.6 Å². The zero-order chi connectivity index (χ0) is 7.72. The quantitative estimate of drug-likeness (QED) is 0.442. The van der Waals surface area contributed by atoms with Crippen molar-refractivity contribution in [2.24, 2.45) is 0 Å². The second kappa shape index (κ2) is 4.70. The molecule has 0 atom stereocenters. The average molecular weight is 217 g/mol. The zero-order valence-electron chi connectivity index (χ0n) is 5.77. The minimum absolute atomic E-state index is 0. The molecular formula is C5H3Cl2N2NaS. The van der Waals surface area contributed by atoms with E-state index in [0.29, 0.717) is 9.92 Å². The van der Waals surface area contributed by atoms with Crippen LogP contribution in [-0.2, 0) is 12.6 Å². The molecule has 54 valence electrons. The van der Waals surface area contributed by atoms with Crippen LogP contribution >= 0.6 is 23.2 Å². The summed E-state index contributed by atoms with van der Waals surface area (Å²) in [6.45, 7) is 0. The number of hydrogen-bond acceptors (Lipinski definition) is 3. The van der Waals surface area contributed by atoms with Gasteiger partial charge in [-0.15, -0.1) is 4.90 Å². The van der Waals surface area contributed by atoms with Crippen molar-refractivity contribution in [3.63, 3.8) is 0 Å². The van der Waals surface area contributed by atoms with Gasteiger partial charge in [-0.05, 0) is 0 Å². The van der Waals surface area contributed by atoms with Crippen LogP contribution < -0.4 is 35.3 Å². The standard InChI is InChI=1S/C5H4Cl2N2S.Na/c6-3-2(10)1-9-5(8)4(3)7;/h1,10H,(H2,8,9);/q;+1/p-1. The van der Waals surface area contributed by atoms with E-state index in [0.717, 1.165) is 0 Å². The molecule has 0 saturated carbocycles. The predicted molar refractivity (Wildman–Crippen MR) is 44.3 cm³/mol. The normalized spacial score (nSPS) is 8.91. The fourth-order valence-corrected chi connectivity index (χ4v) is 0.969. The molecule has 1 heterocycles. The Hall–Kier alpha value is 0.750. The number of anilines is 1. The van der Waals surface area contributed by atoms with Crippen molar-refractivity contribution in [2.45, 2.75) is 4.90 Å². The van der Waals surface area contributed by atoms with Crippen LogP contribution in [0.4, 0.5) is 5.82 Å². The van der Waals surface area contributed by atoms with Gasteiger partial charge >= 0.3 is 29.6 Å². The Labute approximate surface area is 102 Å². The van der Waals surface area contributed by atoms with Crippen molar-refractivity contribution in [3.05, 3.63) is 16.2 Å². The van der Waals surface area contributed by atoms with E-state index >= 15 is 0 Å². The number of hydrogen-bond donors (Lipinski definition) is 1. The van der Waals surface area contributed by atoms with E-state index in [1.54, 1.807) is 0 Å². The molecule has 2 nitrogen and oxygen atoms in total. The van der Waals surface area contributed by atoms with Crippen LogP contribution in [0.15, 0.2) is 11.1 Å². The Bertz CT molecular complexity index is 242. The minimum atomic E-state index is 0. The summed E-state index contributed by atoms with van der Waals surface area (Å²) in [6.07, 6.45) is 1.40. The summed E-state index contributed by atoms with van der Waals surface area (Å²) in [7, 11) is 0. The fourth-order valence-electron chi connectivity index (χ4n) is 0.462. The number of nitrogens with two attached hydrogens (primary N) is 1. The van der Waals surface area contributed by atoms with E-state index in [9.17, 15) is 0 Å². The number of nitrogens with zero attached hydrogens (tertiary/aromatic N) is 1. The summed E-state index contributed by atoms with van der Waals surface area (Å²) in [6, 6.07) is 0. The maximum Gasteiger partial charge on any atom is 1.00 e. The van der Waals surface area contributed by atoms with Gasteiger partial charge in [0.1, 0.15) is 5.82 Å². The molecule has 0 aliphatic carbocycles. The Kier molecular flexibility index (Phi) is 5.02. The summed E-state index contributed by atoms with van der Waals surface area (Å²) < 4.78 is 0. The van der Waals surface area contributed by atoms with Crippen LogP contribution in [0, 0.1) is 0 Å². The average Bonchev–Trinajstić information content (AvgIpc) is 1.93. The molecule has 0 amide bonds. The van der Waals surface area contributed by atoms with E-state index in [4.69, 9.17) is 41.6 Å². The first-order valence-corrected chi connectivity index (χ1v) is 3.56. The van der Waals surface area contributed by atoms with Crippen LogP contribution in [-0.4, -0.2) is 4.98 Å². The van der Waals surface area contributed by atoms with Crippen LogP contribution in [0.25, 0.3) is 0 Å². The van der Waals surface area contributed by atoms with E-state index in [1.165, 1.54) is 6.20 Å². The maximum absolute atomic E-state index is 5.63.